The fourth-order valence-corrected chi connectivity index (χ4v) is 17.8. The number of benzene rings is 1. The predicted octanol–water partition coefficient (Wildman–Crippen LogP) is 5.54. The Morgan fingerprint density at radius 2 is 1.63 bits per heavy atom. The van der Waals surface area contributed by atoms with E-state index in [0.29, 0.717) is 29.2 Å². The lowest BCUT2D eigenvalue weighted by atomic mass is 10.0. The summed E-state index contributed by atoms with van der Waals surface area (Å²) in [7, 11) is -5.65. The van der Waals surface area contributed by atoms with E-state index in [1.54, 1.807) is 35.2 Å². The zero-order valence-electron chi connectivity index (χ0n) is 26.4. The van der Waals surface area contributed by atoms with Crippen LogP contribution >= 0.6 is 0 Å². The first kappa shape index (κ1) is 31.9. The van der Waals surface area contributed by atoms with E-state index in [9.17, 15) is 9.90 Å². The molecule has 43 heavy (non-hydrogen) atoms. The number of aromatic nitrogens is 4. The van der Waals surface area contributed by atoms with Crippen LogP contribution in [-0.4, -0.2) is 73.1 Å². The molecule has 2 aliphatic rings. The smallest absolute Gasteiger partial charge is 0.335 e. The molecular formula is C30H45N5O6Si2. The molecular weight excluding hydrogens is 583 g/mol. The summed E-state index contributed by atoms with van der Waals surface area (Å²) in [5, 5.41) is 13.6. The Morgan fingerprint density at radius 1 is 0.977 bits per heavy atom. The molecule has 4 atom stereocenters. The van der Waals surface area contributed by atoms with E-state index in [4.69, 9.17) is 17.7 Å². The highest BCUT2D eigenvalue weighted by molar-refractivity contribution is 6.84. The summed E-state index contributed by atoms with van der Waals surface area (Å²) < 4.78 is 29.9. The molecule has 2 aromatic heterocycles. The van der Waals surface area contributed by atoms with Crippen molar-refractivity contribution in [1.29, 1.82) is 0 Å². The van der Waals surface area contributed by atoms with Gasteiger partial charge in [0.1, 0.15) is 18.7 Å². The summed E-state index contributed by atoms with van der Waals surface area (Å²) in [6.45, 7) is 17.6. The van der Waals surface area contributed by atoms with Gasteiger partial charge in [0, 0.05) is 5.56 Å². The quantitative estimate of drug-likeness (QED) is 0.309. The number of amides is 1. The zero-order chi connectivity index (χ0) is 31.1. The Balaban J connectivity index is 1.52. The van der Waals surface area contributed by atoms with Crippen LogP contribution in [0.4, 0.5) is 5.82 Å². The first-order valence-corrected chi connectivity index (χ1v) is 19.2. The van der Waals surface area contributed by atoms with Crippen LogP contribution in [0.5, 0.6) is 0 Å². The van der Waals surface area contributed by atoms with Gasteiger partial charge in [-0.25, -0.2) is 15.0 Å². The van der Waals surface area contributed by atoms with Gasteiger partial charge >= 0.3 is 17.1 Å². The third-order valence-electron chi connectivity index (χ3n) is 8.91. The van der Waals surface area contributed by atoms with Gasteiger partial charge < -0.3 is 28.1 Å². The molecule has 2 aliphatic heterocycles. The molecule has 1 aromatic carbocycles. The molecule has 3 aromatic rings. The van der Waals surface area contributed by atoms with Crippen LogP contribution < -0.4 is 5.32 Å². The van der Waals surface area contributed by atoms with Crippen LogP contribution in [0.3, 0.4) is 0 Å². The standard InChI is InChI=1S/C30H45N5O6Si2/c1-18(2)42(19(3)4)38-15-24-26(40-43(41-42,20(5)6)21(7)8)23(14-36)30(39-24)35-17-33-25-27(31-16-32-28(25)35)34-29(37)22-12-10-9-11-13-22/h9-13,16-21,23-24,26,30,36H,14-15H2,1-8H3,(H,31,32,34,37)/t23-,24-,26+,30-/m1/s1. The molecule has 4 heterocycles. The van der Waals surface area contributed by atoms with Crippen molar-refractivity contribution < 1.29 is 27.6 Å². The van der Waals surface area contributed by atoms with Gasteiger partial charge in [0.05, 0.1) is 31.6 Å². The third kappa shape index (κ3) is 5.60. The maximum absolute atomic E-state index is 12.9. The van der Waals surface area contributed by atoms with Crippen LogP contribution in [0.2, 0.25) is 22.2 Å². The van der Waals surface area contributed by atoms with E-state index < -0.39 is 41.5 Å². The van der Waals surface area contributed by atoms with Crippen molar-refractivity contribution in [2.75, 3.05) is 18.5 Å². The molecule has 13 heteroatoms. The summed E-state index contributed by atoms with van der Waals surface area (Å²) in [4.78, 5) is 26.2. The molecule has 0 bridgehead atoms. The number of hydrogen-bond donors (Lipinski definition) is 2. The summed E-state index contributed by atoms with van der Waals surface area (Å²) in [5.74, 6) is -0.425. The predicted molar refractivity (Wildman–Crippen MR) is 168 cm³/mol. The third-order valence-corrected chi connectivity index (χ3v) is 19.2. The van der Waals surface area contributed by atoms with Crippen LogP contribution in [-0.2, 0) is 17.7 Å². The SMILES string of the molecule is CC(C)[Si]1(C(C)C)OC[C@H]2O[C@@H](n3cnc4c(NC(=O)c5ccccc5)ncnc43)[C@H](CO)[C@@H]2O[Si](C(C)C)(C(C)C)O1. The number of imidazole rings is 1. The van der Waals surface area contributed by atoms with E-state index >= 15 is 0 Å². The van der Waals surface area contributed by atoms with Gasteiger partial charge in [-0.1, -0.05) is 73.6 Å². The molecule has 0 spiro atoms. The minimum Gasteiger partial charge on any atom is -0.414 e. The number of aliphatic hydroxyl groups is 1. The summed E-state index contributed by atoms with van der Waals surface area (Å²) in [6.07, 6.45) is 1.52. The van der Waals surface area contributed by atoms with Crippen molar-refractivity contribution in [1.82, 2.24) is 19.5 Å². The Hall–Kier alpha value is -2.53. The maximum Gasteiger partial charge on any atom is 0.335 e. The molecule has 0 unspecified atom stereocenters. The van der Waals surface area contributed by atoms with Crippen molar-refractivity contribution in [3.63, 3.8) is 0 Å². The van der Waals surface area contributed by atoms with Crippen molar-refractivity contribution in [2.24, 2.45) is 5.92 Å². The highest BCUT2D eigenvalue weighted by Gasteiger charge is 2.61. The highest BCUT2D eigenvalue weighted by Crippen LogP contribution is 2.49. The van der Waals surface area contributed by atoms with E-state index in [-0.39, 0.29) is 34.7 Å². The number of ether oxygens (including phenoxy) is 1. The van der Waals surface area contributed by atoms with E-state index in [0.717, 1.165) is 0 Å². The molecule has 0 saturated carbocycles. The Labute approximate surface area is 255 Å². The van der Waals surface area contributed by atoms with Crippen molar-refractivity contribution in [3.8, 4) is 0 Å². The van der Waals surface area contributed by atoms with Crippen LogP contribution in [0.1, 0.15) is 72.0 Å². The Bertz CT molecular complexity index is 1400. The summed E-state index contributed by atoms with van der Waals surface area (Å²) >= 11 is 0. The van der Waals surface area contributed by atoms with Gasteiger partial charge in [-0.15, -0.1) is 0 Å². The number of carbonyl (C=O) groups is 1. The lowest BCUT2D eigenvalue weighted by Crippen LogP contribution is -2.65. The number of fused-ring (bicyclic) bond motifs is 2. The average molecular weight is 628 g/mol. The van der Waals surface area contributed by atoms with Gasteiger partial charge in [-0.05, 0) is 34.3 Å². The number of aliphatic hydroxyl groups excluding tert-OH is 1. The van der Waals surface area contributed by atoms with Gasteiger partial charge in [-0.3, -0.25) is 9.36 Å². The molecule has 11 nitrogen and oxygen atoms in total. The van der Waals surface area contributed by atoms with Crippen molar-refractivity contribution in [3.05, 3.63) is 48.5 Å². The second kappa shape index (κ2) is 12.5. The van der Waals surface area contributed by atoms with Crippen LogP contribution in [0.15, 0.2) is 43.0 Å². The van der Waals surface area contributed by atoms with E-state index in [1.807, 2.05) is 6.07 Å². The molecule has 2 N–H and O–H groups in total. The van der Waals surface area contributed by atoms with Gasteiger partial charge in [0.2, 0.25) is 0 Å². The first-order chi connectivity index (χ1) is 20.4. The highest BCUT2D eigenvalue weighted by atomic mass is 28.5. The average Bonchev–Trinajstić information content (AvgIpc) is 3.54. The molecule has 2 fully saturated rings. The molecule has 234 valence electrons. The lowest BCUT2D eigenvalue weighted by Gasteiger charge is -2.51. The minimum atomic E-state index is -2.90. The largest absolute Gasteiger partial charge is 0.414 e. The molecule has 0 radical (unpaired) electrons. The lowest BCUT2D eigenvalue weighted by molar-refractivity contribution is -0.0554. The normalized spacial score (nSPS) is 25.3. The maximum atomic E-state index is 12.9. The number of hydrogen-bond acceptors (Lipinski definition) is 9. The molecule has 5 rings (SSSR count). The zero-order valence-corrected chi connectivity index (χ0v) is 28.4. The number of nitrogens with one attached hydrogen (secondary N) is 1. The van der Waals surface area contributed by atoms with Crippen LogP contribution in [0.25, 0.3) is 11.2 Å². The second-order valence-corrected chi connectivity index (χ2v) is 21.7. The minimum absolute atomic E-state index is 0.148. The first-order valence-electron chi connectivity index (χ1n) is 15.3. The number of carbonyl (C=O) groups excluding carboxylic acids is 1. The monoisotopic (exact) mass is 627 g/mol. The topological polar surface area (TPSA) is 130 Å². The number of nitrogens with zero attached hydrogens (tertiary/aromatic N) is 4. The summed E-state index contributed by atoms with van der Waals surface area (Å²) in [6, 6.07) is 8.92. The van der Waals surface area contributed by atoms with Crippen LogP contribution in [0, 0.1) is 5.92 Å². The Morgan fingerprint density at radius 3 is 2.23 bits per heavy atom. The molecule has 0 aliphatic carbocycles. The fourth-order valence-electron chi connectivity index (χ4n) is 6.60. The van der Waals surface area contributed by atoms with E-state index in [1.165, 1.54) is 6.33 Å². The van der Waals surface area contributed by atoms with Gasteiger partial charge in [-0.2, -0.15) is 0 Å². The number of anilines is 1. The van der Waals surface area contributed by atoms with Crippen molar-refractivity contribution in [2.45, 2.75) is 96.0 Å². The number of rotatable bonds is 8. The Kier molecular flexibility index (Phi) is 9.24. The molecule has 2 saturated heterocycles. The molecule has 1 amide bonds. The van der Waals surface area contributed by atoms with Gasteiger partial charge in [0.25, 0.3) is 5.91 Å². The second-order valence-electron chi connectivity index (χ2n) is 12.8. The van der Waals surface area contributed by atoms with Gasteiger partial charge in [0.15, 0.2) is 17.0 Å². The fraction of sp³-hybridized carbons (Fsp3) is 0.600. The van der Waals surface area contributed by atoms with Crippen molar-refractivity contribution >= 4 is 40.0 Å². The van der Waals surface area contributed by atoms with E-state index in [2.05, 4.69) is 75.7 Å². The summed E-state index contributed by atoms with van der Waals surface area (Å²) in [5.41, 5.74) is 2.14.